The molecule has 0 aliphatic carbocycles. The average Bonchev–Trinajstić information content (AvgIpc) is 2.60. The topological polar surface area (TPSA) is 76.5 Å². The van der Waals surface area contributed by atoms with Crippen LogP contribution in [0.3, 0.4) is 0 Å². The first-order valence-electron chi connectivity index (χ1n) is 7.56. The van der Waals surface area contributed by atoms with Crippen LogP contribution in [-0.2, 0) is 11.8 Å². The van der Waals surface area contributed by atoms with Gasteiger partial charge in [-0.05, 0) is 18.6 Å². The Labute approximate surface area is 143 Å². The van der Waals surface area contributed by atoms with Crippen molar-refractivity contribution in [2.75, 3.05) is 29.9 Å². The van der Waals surface area contributed by atoms with Gasteiger partial charge in [0, 0.05) is 20.1 Å². The summed E-state index contributed by atoms with van der Waals surface area (Å²) in [4.78, 5) is 25.5. The van der Waals surface area contributed by atoms with Gasteiger partial charge in [0.1, 0.15) is 10.8 Å². The minimum absolute atomic E-state index is 0.0505. The highest BCUT2D eigenvalue weighted by atomic mass is 35.5. The van der Waals surface area contributed by atoms with Gasteiger partial charge in [-0.1, -0.05) is 23.7 Å². The normalized spacial score (nSPS) is 13.4. The molecule has 0 unspecified atom stereocenters. The van der Waals surface area contributed by atoms with Crippen LogP contribution in [-0.4, -0.2) is 35.4 Å². The molecule has 0 saturated heterocycles. The number of anilines is 2. The van der Waals surface area contributed by atoms with E-state index in [1.54, 1.807) is 11.9 Å². The maximum atomic E-state index is 12.1. The van der Waals surface area contributed by atoms with Crippen LogP contribution in [0.4, 0.5) is 11.4 Å². The van der Waals surface area contributed by atoms with Gasteiger partial charge in [-0.2, -0.15) is 5.10 Å². The molecule has 0 spiro atoms. The molecule has 1 N–H and O–H groups in total. The fraction of sp³-hybridized carbons (Fsp3) is 0.312. The molecule has 0 fully saturated rings. The van der Waals surface area contributed by atoms with Crippen LogP contribution in [0.1, 0.15) is 6.42 Å². The summed E-state index contributed by atoms with van der Waals surface area (Å²) in [6, 6.07) is 7.45. The van der Waals surface area contributed by atoms with Gasteiger partial charge in [-0.15, -0.1) is 0 Å². The molecule has 24 heavy (non-hydrogen) atoms. The molecule has 3 rings (SSSR count). The summed E-state index contributed by atoms with van der Waals surface area (Å²) in [7, 11) is 1.54. The molecular formula is C16H17ClN4O3. The Balaban J connectivity index is 1.60. The number of aromatic nitrogens is 2. The summed E-state index contributed by atoms with van der Waals surface area (Å²) in [5.74, 6) is 0.644. The number of benzene rings is 1. The Kier molecular flexibility index (Phi) is 4.71. The molecular weight excluding hydrogens is 332 g/mol. The van der Waals surface area contributed by atoms with Crippen molar-refractivity contribution in [3.63, 3.8) is 0 Å². The smallest absolute Gasteiger partial charge is 0.287 e. The van der Waals surface area contributed by atoms with E-state index in [2.05, 4.69) is 10.4 Å². The molecule has 1 aromatic carbocycles. The second-order valence-corrected chi connectivity index (χ2v) is 5.76. The van der Waals surface area contributed by atoms with Crippen LogP contribution in [0.25, 0.3) is 0 Å². The Morgan fingerprint density at radius 1 is 1.33 bits per heavy atom. The lowest BCUT2D eigenvalue weighted by atomic mass is 10.2. The van der Waals surface area contributed by atoms with E-state index in [1.807, 2.05) is 24.3 Å². The summed E-state index contributed by atoms with van der Waals surface area (Å²) in [6.07, 6.45) is 2.20. The molecule has 2 aromatic rings. The summed E-state index contributed by atoms with van der Waals surface area (Å²) in [5.41, 5.74) is 0.925. The molecule has 1 aromatic heterocycles. The zero-order chi connectivity index (χ0) is 17.1. The van der Waals surface area contributed by atoms with Crippen molar-refractivity contribution in [3.05, 3.63) is 45.8 Å². The highest BCUT2D eigenvalue weighted by Gasteiger charge is 2.24. The lowest BCUT2D eigenvalue weighted by Crippen LogP contribution is -2.39. The first-order valence-corrected chi connectivity index (χ1v) is 7.93. The van der Waals surface area contributed by atoms with Crippen LogP contribution in [0, 0.1) is 0 Å². The van der Waals surface area contributed by atoms with Gasteiger partial charge in [-0.25, -0.2) is 4.68 Å². The fourth-order valence-corrected chi connectivity index (χ4v) is 2.73. The van der Waals surface area contributed by atoms with Crippen LogP contribution < -0.4 is 20.5 Å². The summed E-state index contributed by atoms with van der Waals surface area (Å²) in [5, 5.41) is 7.12. The molecule has 1 amide bonds. The molecule has 0 bridgehead atoms. The highest BCUT2D eigenvalue weighted by Crippen LogP contribution is 2.31. The summed E-state index contributed by atoms with van der Waals surface area (Å²) < 4.78 is 6.59. The van der Waals surface area contributed by atoms with E-state index < -0.39 is 0 Å². The van der Waals surface area contributed by atoms with Crippen LogP contribution in [0.15, 0.2) is 35.3 Å². The Morgan fingerprint density at radius 2 is 2.12 bits per heavy atom. The number of amides is 1. The van der Waals surface area contributed by atoms with Crippen molar-refractivity contribution < 1.29 is 9.53 Å². The Hall–Kier alpha value is -2.54. The zero-order valence-electron chi connectivity index (χ0n) is 13.2. The van der Waals surface area contributed by atoms with E-state index in [4.69, 9.17) is 16.3 Å². The lowest BCUT2D eigenvalue weighted by molar-refractivity contribution is -0.121. The first kappa shape index (κ1) is 16.3. The second-order valence-electron chi connectivity index (χ2n) is 5.38. The molecule has 126 valence electrons. The van der Waals surface area contributed by atoms with Crippen molar-refractivity contribution in [2.45, 2.75) is 6.42 Å². The Bertz CT molecular complexity index is 821. The second kappa shape index (κ2) is 6.92. The van der Waals surface area contributed by atoms with Crippen LogP contribution in [0.2, 0.25) is 5.02 Å². The molecule has 2 heterocycles. The summed E-state index contributed by atoms with van der Waals surface area (Å²) >= 11 is 6.00. The lowest BCUT2D eigenvalue weighted by Gasteiger charge is -2.29. The Morgan fingerprint density at radius 3 is 2.96 bits per heavy atom. The quantitative estimate of drug-likeness (QED) is 0.832. The number of nitrogens with one attached hydrogen (secondary N) is 1. The molecule has 8 heteroatoms. The van der Waals surface area contributed by atoms with Crippen LogP contribution in [0.5, 0.6) is 5.75 Å². The highest BCUT2D eigenvalue weighted by molar-refractivity contribution is 6.32. The molecule has 0 atom stereocenters. The van der Waals surface area contributed by atoms with Gasteiger partial charge in [0.05, 0.1) is 17.6 Å². The number of halogens is 1. The van der Waals surface area contributed by atoms with Crippen LogP contribution >= 0.6 is 11.6 Å². The third-order valence-corrected chi connectivity index (χ3v) is 4.13. The van der Waals surface area contributed by atoms with Gasteiger partial charge in [0.2, 0.25) is 0 Å². The van der Waals surface area contributed by atoms with E-state index in [-0.39, 0.29) is 23.1 Å². The number of para-hydroxylation sites is 2. The number of rotatable bonds is 5. The van der Waals surface area contributed by atoms with Crippen molar-refractivity contribution >= 4 is 28.9 Å². The number of nitrogens with zero attached hydrogens (tertiary/aromatic N) is 3. The SMILES string of the molecule is Cn1ncc(NCCCN2C(=O)COc3ccccc32)c(Cl)c1=O. The predicted octanol–water partition coefficient (Wildman–Crippen LogP) is 1.66. The van der Waals surface area contributed by atoms with E-state index in [0.717, 1.165) is 5.69 Å². The molecule has 7 nitrogen and oxygen atoms in total. The number of fused-ring (bicyclic) bond motifs is 1. The van der Waals surface area contributed by atoms with Crippen molar-refractivity contribution in [3.8, 4) is 5.75 Å². The minimum Gasteiger partial charge on any atom is -0.482 e. The van der Waals surface area contributed by atoms with Crippen molar-refractivity contribution in [1.29, 1.82) is 0 Å². The van der Waals surface area contributed by atoms with Gasteiger partial charge < -0.3 is 15.0 Å². The number of hydrogen-bond acceptors (Lipinski definition) is 5. The van der Waals surface area contributed by atoms with E-state index >= 15 is 0 Å². The third-order valence-electron chi connectivity index (χ3n) is 3.76. The molecule has 0 saturated carbocycles. The predicted molar refractivity (Wildman–Crippen MR) is 91.9 cm³/mol. The average molecular weight is 349 g/mol. The number of hydrogen-bond donors (Lipinski definition) is 1. The molecule has 1 aliphatic heterocycles. The maximum Gasteiger partial charge on any atom is 0.287 e. The van der Waals surface area contributed by atoms with Gasteiger partial charge in [0.15, 0.2) is 6.61 Å². The van der Waals surface area contributed by atoms with Gasteiger partial charge in [-0.3, -0.25) is 9.59 Å². The standard InChI is InChI=1S/C16H17ClN4O3/c1-20-16(23)15(17)11(9-19-20)18-7-4-8-21-12-5-2-3-6-13(12)24-10-14(21)22/h2-3,5-6,9,18H,4,7-8,10H2,1H3. The maximum absolute atomic E-state index is 12.1. The van der Waals surface area contributed by atoms with E-state index in [9.17, 15) is 9.59 Å². The number of ether oxygens (including phenoxy) is 1. The first-order chi connectivity index (χ1) is 11.6. The monoisotopic (exact) mass is 348 g/mol. The van der Waals surface area contributed by atoms with Gasteiger partial charge >= 0.3 is 0 Å². The minimum atomic E-state index is -0.348. The van der Waals surface area contributed by atoms with Crippen molar-refractivity contribution in [2.24, 2.45) is 7.05 Å². The molecule has 0 radical (unpaired) electrons. The number of aryl methyl sites for hydroxylation is 1. The fourth-order valence-electron chi connectivity index (χ4n) is 2.49. The van der Waals surface area contributed by atoms with Gasteiger partial charge in [0.25, 0.3) is 11.5 Å². The zero-order valence-corrected chi connectivity index (χ0v) is 13.9. The molecule has 1 aliphatic rings. The van der Waals surface area contributed by atoms with E-state index in [1.165, 1.54) is 10.9 Å². The summed E-state index contributed by atoms with van der Waals surface area (Å²) in [6.45, 7) is 1.15. The largest absolute Gasteiger partial charge is 0.482 e. The van der Waals surface area contributed by atoms with E-state index in [0.29, 0.717) is 30.9 Å². The third kappa shape index (κ3) is 3.21. The van der Waals surface area contributed by atoms with Crippen molar-refractivity contribution in [1.82, 2.24) is 9.78 Å². The number of carbonyl (C=O) groups excluding carboxylic acids is 1. The number of carbonyl (C=O) groups is 1.